The highest BCUT2D eigenvalue weighted by molar-refractivity contribution is 7.16. The van der Waals surface area contributed by atoms with E-state index in [1.807, 2.05) is 12.1 Å². The van der Waals surface area contributed by atoms with Crippen LogP contribution in [0.2, 0.25) is 4.34 Å². The first kappa shape index (κ1) is 14.3. The van der Waals surface area contributed by atoms with E-state index in [-0.39, 0.29) is 5.82 Å². The summed E-state index contributed by atoms with van der Waals surface area (Å²) in [7, 11) is 1.53. The predicted octanol–water partition coefficient (Wildman–Crippen LogP) is 3.88. The maximum Gasteiger partial charge on any atom is 0.131 e. The van der Waals surface area contributed by atoms with E-state index in [0.717, 1.165) is 17.3 Å². The van der Waals surface area contributed by atoms with Gasteiger partial charge in [0.05, 0.1) is 11.4 Å². The Morgan fingerprint density at radius 2 is 2.16 bits per heavy atom. The molecule has 2 aromatic rings. The van der Waals surface area contributed by atoms with Crippen LogP contribution < -0.4 is 10.1 Å². The quantitative estimate of drug-likeness (QED) is 0.817. The third kappa shape index (κ3) is 4.20. The van der Waals surface area contributed by atoms with Crippen LogP contribution in [0, 0.1) is 5.82 Å². The van der Waals surface area contributed by atoms with Crippen LogP contribution in [0.4, 0.5) is 4.39 Å². The lowest BCUT2D eigenvalue weighted by Crippen LogP contribution is -2.17. The molecule has 0 spiro atoms. The number of hydrogen-bond acceptors (Lipinski definition) is 3. The molecule has 102 valence electrons. The number of halogens is 2. The zero-order valence-corrected chi connectivity index (χ0v) is 12.2. The molecule has 0 aliphatic rings. The van der Waals surface area contributed by atoms with Gasteiger partial charge in [0.25, 0.3) is 0 Å². The van der Waals surface area contributed by atoms with Gasteiger partial charge in [-0.05, 0) is 24.6 Å². The van der Waals surface area contributed by atoms with Crippen molar-refractivity contribution in [2.75, 3.05) is 13.7 Å². The largest absolute Gasteiger partial charge is 0.497 e. The van der Waals surface area contributed by atoms with Gasteiger partial charge in [0, 0.05) is 29.6 Å². The van der Waals surface area contributed by atoms with E-state index in [1.54, 1.807) is 23.5 Å². The molecule has 5 heteroatoms. The summed E-state index contributed by atoms with van der Waals surface area (Å²) in [6.45, 7) is 1.30. The summed E-state index contributed by atoms with van der Waals surface area (Å²) in [6, 6.07) is 8.81. The lowest BCUT2D eigenvalue weighted by Gasteiger charge is -2.07. The molecule has 0 amide bonds. The molecule has 0 unspecified atom stereocenters. The maximum absolute atomic E-state index is 13.7. The van der Waals surface area contributed by atoms with Crippen LogP contribution in [0.15, 0.2) is 30.3 Å². The minimum atomic E-state index is -0.244. The molecule has 0 fully saturated rings. The first-order valence-corrected chi connectivity index (χ1v) is 7.16. The fourth-order valence-electron chi connectivity index (χ4n) is 1.72. The fourth-order valence-corrected chi connectivity index (χ4v) is 2.81. The smallest absolute Gasteiger partial charge is 0.131 e. The second-order valence-corrected chi connectivity index (χ2v) is 5.89. The van der Waals surface area contributed by atoms with E-state index in [2.05, 4.69) is 5.32 Å². The number of thiophene rings is 1. The second-order valence-electron chi connectivity index (χ2n) is 4.09. The molecule has 0 aliphatic heterocycles. The molecule has 1 heterocycles. The molecule has 0 atom stereocenters. The topological polar surface area (TPSA) is 21.3 Å². The van der Waals surface area contributed by atoms with Gasteiger partial charge in [-0.2, -0.15) is 0 Å². The number of ether oxygens (including phenoxy) is 1. The monoisotopic (exact) mass is 299 g/mol. The highest BCUT2D eigenvalue weighted by Gasteiger charge is 2.04. The third-order valence-electron chi connectivity index (χ3n) is 2.75. The molecule has 1 aromatic heterocycles. The first-order valence-electron chi connectivity index (χ1n) is 5.96. The number of nitrogens with one attached hydrogen (secondary N) is 1. The van der Waals surface area contributed by atoms with Gasteiger partial charge in [-0.3, -0.25) is 0 Å². The molecule has 19 heavy (non-hydrogen) atoms. The lowest BCUT2D eigenvalue weighted by molar-refractivity contribution is 0.410. The Morgan fingerprint density at radius 3 is 2.79 bits per heavy atom. The van der Waals surface area contributed by atoms with Gasteiger partial charge in [0.2, 0.25) is 0 Å². The van der Waals surface area contributed by atoms with Gasteiger partial charge in [-0.15, -0.1) is 11.3 Å². The normalized spacial score (nSPS) is 10.7. The van der Waals surface area contributed by atoms with Crippen molar-refractivity contribution >= 4 is 22.9 Å². The Hall–Kier alpha value is -1.10. The molecule has 2 rings (SSSR count). The zero-order chi connectivity index (χ0) is 13.7. The minimum Gasteiger partial charge on any atom is -0.497 e. The number of methoxy groups -OCH3 is 1. The van der Waals surface area contributed by atoms with Gasteiger partial charge < -0.3 is 10.1 Å². The molecule has 1 aromatic carbocycles. The third-order valence-corrected chi connectivity index (χ3v) is 4.04. The summed E-state index contributed by atoms with van der Waals surface area (Å²) in [5.41, 5.74) is 0.644. The molecular weight excluding hydrogens is 285 g/mol. The molecule has 0 saturated carbocycles. The van der Waals surface area contributed by atoms with Crippen LogP contribution in [0.25, 0.3) is 0 Å². The van der Waals surface area contributed by atoms with E-state index < -0.39 is 0 Å². The second kappa shape index (κ2) is 6.89. The maximum atomic E-state index is 13.7. The van der Waals surface area contributed by atoms with Crippen molar-refractivity contribution < 1.29 is 9.13 Å². The van der Waals surface area contributed by atoms with Crippen molar-refractivity contribution in [3.8, 4) is 5.75 Å². The molecule has 2 nitrogen and oxygen atoms in total. The number of rotatable bonds is 6. The van der Waals surface area contributed by atoms with E-state index >= 15 is 0 Å². The molecule has 0 bridgehead atoms. The number of benzene rings is 1. The Balaban J connectivity index is 1.79. The SMILES string of the molecule is COc1ccc(CNCCc2ccc(Cl)s2)c(F)c1. The highest BCUT2D eigenvalue weighted by Crippen LogP contribution is 2.21. The van der Waals surface area contributed by atoms with Gasteiger partial charge in [0.15, 0.2) is 0 Å². The van der Waals surface area contributed by atoms with Crippen LogP contribution >= 0.6 is 22.9 Å². The van der Waals surface area contributed by atoms with Gasteiger partial charge in [0.1, 0.15) is 11.6 Å². The van der Waals surface area contributed by atoms with E-state index in [4.69, 9.17) is 16.3 Å². The Morgan fingerprint density at radius 1 is 1.32 bits per heavy atom. The summed E-state index contributed by atoms with van der Waals surface area (Å²) >= 11 is 7.43. The van der Waals surface area contributed by atoms with Gasteiger partial charge in [-0.1, -0.05) is 17.7 Å². The Bertz CT molecular complexity index is 544. The standard InChI is InChI=1S/C14H15ClFNOS/c1-18-11-3-2-10(13(16)8-11)9-17-7-6-12-4-5-14(15)19-12/h2-5,8,17H,6-7,9H2,1H3. The number of hydrogen-bond donors (Lipinski definition) is 1. The highest BCUT2D eigenvalue weighted by atomic mass is 35.5. The van der Waals surface area contributed by atoms with Gasteiger partial charge >= 0.3 is 0 Å². The summed E-state index contributed by atoms with van der Waals surface area (Å²) < 4.78 is 19.4. The Kier molecular flexibility index (Phi) is 5.19. The van der Waals surface area contributed by atoms with Crippen LogP contribution in [0.1, 0.15) is 10.4 Å². The van der Waals surface area contributed by atoms with Crippen LogP contribution in [-0.2, 0) is 13.0 Å². The van der Waals surface area contributed by atoms with Crippen molar-refractivity contribution in [1.82, 2.24) is 5.32 Å². The summed E-state index contributed by atoms with van der Waals surface area (Å²) in [4.78, 5) is 1.23. The van der Waals surface area contributed by atoms with Crippen molar-refractivity contribution in [2.24, 2.45) is 0 Å². The van der Waals surface area contributed by atoms with Crippen LogP contribution in [0.5, 0.6) is 5.75 Å². The van der Waals surface area contributed by atoms with Crippen LogP contribution in [-0.4, -0.2) is 13.7 Å². The lowest BCUT2D eigenvalue weighted by atomic mass is 10.2. The Labute approximate surface area is 121 Å². The van der Waals surface area contributed by atoms with E-state index in [1.165, 1.54) is 18.1 Å². The van der Waals surface area contributed by atoms with E-state index in [0.29, 0.717) is 17.9 Å². The average molecular weight is 300 g/mol. The average Bonchev–Trinajstić information content (AvgIpc) is 2.82. The minimum absolute atomic E-state index is 0.244. The van der Waals surface area contributed by atoms with Crippen molar-refractivity contribution in [2.45, 2.75) is 13.0 Å². The first-order chi connectivity index (χ1) is 9.19. The zero-order valence-electron chi connectivity index (χ0n) is 10.6. The van der Waals surface area contributed by atoms with Crippen molar-refractivity contribution in [1.29, 1.82) is 0 Å². The van der Waals surface area contributed by atoms with E-state index in [9.17, 15) is 4.39 Å². The van der Waals surface area contributed by atoms with Crippen molar-refractivity contribution in [3.63, 3.8) is 0 Å². The van der Waals surface area contributed by atoms with Gasteiger partial charge in [-0.25, -0.2) is 4.39 Å². The molecule has 1 N–H and O–H groups in total. The predicted molar refractivity (Wildman–Crippen MR) is 77.7 cm³/mol. The van der Waals surface area contributed by atoms with Crippen LogP contribution in [0.3, 0.4) is 0 Å². The molecule has 0 saturated heterocycles. The fraction of sp³-hybridized carbons (Fsp3) is 0.286. The summed E-state index contributed by atoms with van der Waals surface area (Å²) in [5, 5.41) is 3.22. The molecular formula is C14H15ClFNOS. The summed E-state index contributed by atoms with van der Waals surface area (Å²) in [5.74, 6) is 0.292. The summed E-state index contributed by atoms with van der Waals surface area (Å²) in [6.07, 6.45) is 0.898. The molecule has 0 aliphatic carbocycles. The molecule has 0 radical (unpaired) electrons. The van der Waals surface area contributed by atoms with Crippen molar-refractivity contribution in [3.05, 3.63) is 50.9 Å².